The van der Waals surface area contributed by atoms with Crippen LogP contribution in [0.15, 0.2) is 76.1 Å². The van der Waals surface area contributed by atoms with Crippen molar-refractivity contribution in [2.45, 2.75) is 87.7 Å². The summed E-state index contributed by atoms with van der Waals surface area (Å²) in [5, 5.41) is 30.7. The number of H-pyrrole nitrogens is 1. The van der Waals surface area contributed by atoms with Gasteiger partial charge in [0.15, 0.2) is 10.9 Å². The van der Waals surface area contributed by atoms with Gasteiger partial charge in [-0.05, 0) is 105 Å². The van der Waals surface area contributed by atoms with Gasteiger partial charge in [-0.3, -0.25) is 9.89 Å². The summed E-state index contributed by atoms with van der Waals surface area (Å²) in [6, 6.07) is 11.5. The maximum absolute atomic E-state index is 14.3. The third-order valence-electron chi connectivity index (χ3n) is 10.1. The molecule has 48 heavy (non-hydrogen) atoms. The van der Waals surface area contributed by atoms with Crippen molar-refractivity contribution in [2.24, 2.45) is 5.41 Å². The van der Waals surface area contributed by atoms with Gasteiger partial charge in [0.05, 0.1) is 22.3 Å². The van der Waals surface area contributed by atoms with Crippen molar-refractivity contribution in [1.29, 1.82) is 0 Å². The van der Waals surface area contributed by atoms with E-state index in [2.05, 4.69) is 35.1 Å². The van der Waals surface area contributed by atoms with Crippen LogP contribution in [0.25, 0.3) is 11.3 Å². The van der Waals surface area contributed by atoms with E-state index in [0.29, 0.717) is 55.0 Å². The zero-order chi connectivity index (χ0) is 34.3. The normalized spacial score (nSPS) is 25.0. The molecule has 0 aliphatic heterocycles. The van der Waals surface area contributed by atoms with Gasteiger partial charge in [-0.25, -0.2) is 4.98 Å². The van der Waals surface area contributed by atoms with Crippen LogP contribution in [0.5, 0.6) is 0 Å². The monoisotopic (exact) mass is 699 g/mol. The van der Waals surface area contributed by atoms with E-state index in [1.54, 1.807) is 6.07 Å². The number of rotatable bonds is 6. The number of nitrogens with zero attached hydrogens (tertiary/aromatic N) is 2. The summed E-state index contributed by atoms with van der Waals surface area (Å²) in [6.07, 6.45) is 2.54. The number of benzene rings is 2. The lowest BCUT2D eigenvalue weighted by molar-refractivity contribution is -0.137. The zero-order valence-electron chi connectivity index (χ0n) is 26.6. The second-order valence-electron chi connectivity index (χ2n) is 13.2. The lowest BCUT2D eigenvalue weighted by atomic mass is 9.65. The van der Waals surface area contributed by atoms with Crippen molar-refractivity contribution in [3.63, 3.8) is 0 Å². The van der Waals surface area contributed by atoms with E-state index in [1.165, 1.54) is 35.8 Å². The minimum absolute atomic E-state index is 0.0260. The average Bonchev–Trinajstić information content (AvgIpc) is 3.80. The molecule has 1 fully saturated rings. The Morgan fingerprint density at radius 3 is 2.71 bits per heavy atom. The SMILES string of the molecule is CC1=CCCC2(C)C(CCC2(O)CSc2ncn[nH]2)c2ccc(cc2C(=O)c2ccc(-c3cc(C(F)(F)F)ccc3Cl)o2)CC(O)CC1. The van der Waals surface area contributed by atoms with Gasteiger partial charge in [0, 0.05) is 22.3 Å². The van der Waals surface area contributed by atoms with E-state index >= 15 is 0 Å². The van der Waals surface area contributed by atoms with E-state index < -0.39 is 34.6 Å². The van der Waals surface area contributed by atoms with Crippen LogP contribution in [-0.2, 0) is 12.6 Å². The number of thioether (sulfide) groups is 1. The number of fused-ring (bicyclic) bond motifs is 8. The summed E-state index contributed by atoms with van der Waals surface area (Å²) in [5.74, 6) is -0.276. The Morgan fingerprint density at radius 1 is 1.15 bits per heavy atom. The molecule has 4 aromatic rings. The molecular formula is C36H37ClF3N3O4S. The van der Waals surface area contributed by atoms with E-state index in [1.807, 2.05) is 12.1 Å². The highest BCUT2D eigenvalue weighted by molar-refractivity contribution is 7.99. The molecule has 254 valence electrons. The molecular weight excluding hydrogens is 663 g/mol. The summed E-state index contributed by atoms with van der Waals surface area (Å²) in [6.45, 7) is 4.15. The van der Waals surface area contributed by atoms with Crippen molar-refractivity contribution in [1.82, 2.24) is 15.2 Å². The molecule has 2 bridgehead atoms. The quantitative estimate of drug-likeness (QED) is 0.105. The first-order valence-electron chi connectivity index (χ1n) is 16.0. The van der Waals surface area contributed by atoms with Gasteiger partial charge in [0.2, 0.25) is 5.78 Å². The second kappa shape index (κ2) is 13.5. The van der Waals surface area contributed by atoms with Crippen molar-refractivity contribution >= 4 is 29.1 Å². The third-order valence-corrected chi connectivity index (χ3v) is 11.6. The van der Waals surface area contributed by atoms with E-state index in [4.69, 9.17) is 16.0 Å². The third kappa shape index (κ3) is 6.88. The number of aromatic amines is 1. The number of aromatic nitrogens is 3. The largest absolute Gasteiger partial charge is 0.453 e. The van der Waals surface area contributed by atoms with E-state index in [9.17, 15) is 28.2 Å². The number of furan rings is 1. The maximum Gasteiger partial charge on any atom is 0.416 e. The molecule has 2 aromatic heterocycles. The molecule has 3 aliphatic carbocycles. The molecule has 0 saturated heterocycles. The molecule has 4 unspecified atom stereocenters. The Kier molecular flexibility index (Phi) is 9.70. The van der Waals surface area contributed by atoms with Crippen LogP contribution in [0.1, 0.15) is 91.1 Å². The van der Waals surface area contributed by atoms with Gasteiger partial charge in [-0.15, -0.1) is 0 Å². The van der Waals surface area contributed by atoms with Crippen molar-refractivity contribution in [2.75, 3.05) is 5.75 Å². The molecule has 3 N–H and O–H groups in total. The number of hydrogen-bond donors (Lipinski definition) is 3. The minimum atomic E-state index is -4.58. The summed E-state index contributed by atoms with van der Waals surface area (Å²) < 4.78 is 46.4. The summed E-state index contributed by atoms with van der Waals surface area (Å²) in [4.78, 5) is 18.6. The number of halogens is 4. The first kappa shape index (κ1) is 34.5. The number of allylic oxidation sites excluding steroid dienone is 2. The highest BCUT2D eigenvalue weighted by Crippen LogP contribution is 2.59. The fourth-order valence-corrected chi connectivity index (χ4v) is 8.55. The molecule has 0 radical (unpaired) electrons. The number of ketones is 1. The number of nitrogens with one attached hydrogen (secondary N) is 1. The first-order chi connectivity index (χ1) is 22.8. The van der Waals surface area contributed by atoms with Gasteiger partial charge < -0.3 is 14.6 Å². The predicted molar refractivity (Wildman–Crippen MR) is 178 cm³/mol. The van der Waals surface area contributed by atoms with Crippen LogP contribution in [0.3, 0.4) is 0 Å². The van der Waals surface area contributed by atoms with Crippen LogP contribution in [0, 0.1) is 5.41 Å². The summed E-state index contributed by atoms with van der Waals surface area (Å²) >= 11 is 7.69. The van der Waals surface area contributed by atoms with Crippen LogP contribution in [0.2, 0.25) is 5.02 Å². The molecule has 4 atom stereocenters. The van der Waals surface area contributed by atoms with Crippen LogP contribution in [-0.4, -0.2) is 48.6 Å². The topological polar surface area (TPSA) is 112 Å². The van der Waals surface area contributed by atoms with Gasteiger partial charge in [0.25, 0.3) is 0 Å². The Morgan fingerprint density at radius 2 is 1.96 bits per heavy atom. The lowest BCUT2D eigenvalue weighted by Gasteiger charge is -2.44. The molecule has 12 heteroatoms. The van der Waals surface area contributed by atoms with Crippen molar-refractivity contribution in [3.05, 3.63) is 99.5 Å². The number of aliphatic hydroxyl groups excluding tert-OH is 1. The van der Waals surface area contributed by atoms with E-state index in [0.717, 1.165) is 35.7 Å². The van der Waals surface area contributed by atoms with Gasteiger partial charge >= 0.3 is 6.18 Å². The smallest absolute Gasteiger partial charge is 0.416 e. The Balaban J connectivity index is 1.41. The maximum atomic E-state index is 14.3. The number of carbonyl (C=O) groups excluding carboxylic acids is 1. The molecule has 7 nitrogen and oxygen atoms in total. The van der Waals surface area contributed by atoms with Gasteiger partial charge in [-0.1, -0.05) is 54.1 Å². The number of hydrogen-bond acceptors (Lipinski definition) is 7. The molecule has 2 heterocycles. The summed E-state index contributed by atoms with van der Waals surface area (Å²) in [5.41, 5.74) is 0.500. The average molecular weight is 700 g/mol. The standard InChI is InChI=1S/C36H37ClF3N3O4S/c1-21-4-3-14-34(2)28(13-15-35(34,46)19-48-33-41-20-42-43-33)25-9-6-22(16-24(44)8-5-21)17-26(25)32(45)31-12-11-30(47-31)27-18-23(36(38,39)40)7-10-29(27)37/h4,6-7,9-12,17-18,20,24,28,44,46H,3,5,8,13-16,19H2,1-2H3,(H,41,42,43). The van der Waals surface area contributed by atoms with Crippen LogP contribution < -0.4 is 0 Å². The lowest BCUT2D eigenvalue weighted by Crippen LogP contribution is -2.46. The van der Waals surface area contributed by atoms with Crippen LogP contribution in [0.4, 0.5) is 13.2 Å². The fraction of sp³-hybridized carbons (Fsp3) is 0.417. The van der Waals surface area contributed by atoms with Gasteiger partial charge in [-0.2, -0.15) is 18.3 Å². The number of aliphatic hydroxyl groups is 2. The Hall–Kier alpha value is -3.38. The van der Waals surface area contributed by atoms with Gasteiger partial charge in [0.1, 0.15) is 12.1 Å². The molecule has 0 amide bonds. The molecule has 2 aromatic carbocycles. The van der Waals surface area contributed by atoms with Crippen LogP contribution >= 0.6 is 23.4 Å². The Labute approximate surface area is 286 Å². The molecule has 1 saturated carbocycles. The molecule has 3 aliphatic rings. The molecule has 7 rings (SSSR count). The first-order valence-corrected chi connectivity index (χ1v) is 17.3. The predicted octanol–water partition coefficient (Wildman–Crippen LogP) is 8.80. The molecule has 0 spiro atoms. The minimum Gasteiger partial charge on any atom is -0.453 e. The zero-order valence-corrected chi connectivity index (χ0v) is 28.2. The number of carbonyl (C=O) groups is 1. The number of alkyl halides is 3. The van der Waals surface area contributed by atoms with E-state index in [-0.39, 0.29) is 28.0 Å². The highest BCUT2D eigenvalue weighted by Gasteiger charge is 2.56. The highest BCUT2D eigenvalue weighted by atomic mass is 35.5. The summed E-state index contributed by atoms with van der Waals surface area (Å²) in [7, 11) is 0. The second-order valence-corrected chi connectivity index (χ2v) is 14.6. The Bertz CT molecular complexity index is 1820. The fourth-order valence-electron chi connectivity index (χ4n) is 7.25. The van der Waals surface area contributed by atoms with Crippen molar-refractivity contribution < 1.29 is 32.6 Å². The van der Waals surface area contributed by atoms with Crippen molar-refractivity contribution in [3.8, 4) is 11.3 Å².